The number of ether oxygens (including phenoxy) is 1. The van der Waals surface area contributed by atoms with Gasteiger partial charge in [0.15, 0.2) is 0 Å². The Morgan fingerprint density at radius 2 is 1.72 bits per heavy atom. The Kier molecular flexibility index (Phi) is 9.97. The molecule has 0 radical (unpaired) electrons. The van der Waals surface area contributed by atoms with E-state index in [1.165, 1.54) is 18.4 Å². The first-order valence-electron chi connectivity index (χ1n) is 6.54. The molecule has 0 aliphatic heterocycles. The molecule has 1 aromatic carbocycles. The van der Waals surface area contributed by atoms with E-state index in [-0.39, 0.29) is 5.97 Å². The molecular weight excluding hydrogens is 226 g/mol. The number of benzene rings is 1. The summed E-state index contributed by atoms with van der Waals surface area (Å²) in [7, 11) is 3.75. The van der Waals surface area contributed by atoms with E-state index >= 15 is 0 Å². The van der Waals surface area contributed by atoms with Crippen LogP contribution in [0.3, 0.4) is 0 Å². The van der Waals surface area contributed by atoms with E-state index in [1.54, 1.807) is 0 Å². The molecule has 0 atom stereocenters. The second-order valence-corrected chi connectivity index (χ2v) is 4.02. The number of unbranched alkanes of at least 4 members (excludes halogenated alkanes) is 1. The second kappa shape index (κ2) is 10.8. The predicted octanol–water partition coefficient (Wildman–Crippen LogP) is 3.04. The summed E-state index contributed by atoms with van der Waals surface area (Å²) in [6, 6.07) is 7.68. The monoisotopic (exact) mass is 251 g/mol. The minimum Gasteiger partial charge on any atom is -0.462 e. The van der Waals surface area contributed by atoms with Gasteiger partial charge >= 0.3 is 5.97 Å². The maximum absolute atomic E-state index is 11.3. The van der Waals surface area contributed by atoms with Gasteiger partial charge in [0.1, 0.15) is 0 Å². The fourth-order valence-corrected chi connectivity index (χ4v) is 1.40. The highest BCUT2D eigenvalue weighted by molar-refractivity contribution is 5.89. The van der Waals surface area contributed by atoms with Crippen molar-refractivity contribution in [2.24, 2.45) is 0 Å². The normalized spacial score (nSPS) is 9.33. The lowest BCUT2D eigenvalue weighted by molar-refractivity contribution is 0.0526. The van der Waals surface area contributed by atoms with E-state index in [4.69, 9.17) is 4.74 Å². The van der Waals surface area contributed by atoms with Crippen molar-refractivity contribution in [3.8, 4) is 0 Å². The van der Waals surface area contributed by atoms with E-state index in [1.807, 2.05) is 45.3 Å². The molecule has 0 unspecified atom stereocenters. The second-order valence-electron chi connectivity index (χ2n) is 4.02. The summed E-state index contributed by atoms with van der Waals surface area (Å²) in [5.74, 6) is -0.237. The summed E-state index contributed by atoms with van der Waals surface area (Å²) < 4.78 is 4.91. The molecule has 18 heavy (non-hydrogen) atoms. The topological polar surface area (TPSA) is 38.3 Å². The number of rotatable bonds is 5. The van der Waals surface area contributed by atoms with Crippen LogP contribution in [0.5, 0.6) is 0 Å². The first-order chi connectivity index (χ1) is 8.69. The molecule has 0 heterocycles. The SMILES string of the molecule is CCCCc1ccc(C(=O)OCC)cc1.CNC. The molecule has 0 spiro atoms. The predicted molar refractivity (Wildman–Crippen MR) is 76.0 cm³/mol. The van der Waals surface area contributed by atoms with E-state index < -0.39 is 0 Å². The third-order valence-electron chi connectivity index (χ3n) is 2.28. The smallest absolute Gasteiger partial charge is 0.338 e. The van der Waals surface area contributed by atoms with E-state index in [2.05, 4.69) is 12.2 Å². The number of nitrogens with one attached hydrogen (secondary N) is 1. The molecule has 102 valence electrons. The first kappa shape index (κ1) is 16.6. The molecule has 0 amide bonds. The van der Waals surface area contributed by atoms with Crippen molar-refractivity contribution in [1.29, 1.82) is 0 Å². The maximum Gasteiger partial charge on any atom is 0.338 e. The molecule has 0 aliphatic rings. The van der Waals surface area contributed by atoms with E-state index in [0.717, 1.165) is 6.42 Å². The van der Waals surface area contributed by atoms with Gasteiger partial charge in [-0.25, -0.2) is 4.79 Å². The highest BCUT2D eigenvalue weighted by atomic mass is 16.5. The lowest BCUT2D eigenvalue weighted by atomic mass is 10.1. The van der Waals surface area contributed by atoms with E-state index in [9.17, 15) is 4.79 Å². The first-order valence-corrected chi connectivity index (χ1v) is 6.54. The molecule has 0 fully saturated rings. The molecule has 0 saturated heterocycles. The number of carbonyl (C=O) groups is 1. The van der Waals surface area contributed by atoms with Gasteiger partial charge in [-0.15, -0.1) is 0 Å². The third-order valence-corrected chi connectivity index (χ3v) is 2.28. The molecular formula is C15H25NO2. The average molecular weight is 251 g/mol. The summed E-state index contributed by atoms with van der Waals surface area (Å²) in [4.78, 5) is 11.3. The van der Waals surface area contributed by atoms with E-state index in [0.29, 0.717) is 12.2 Å². The van der Waals surface area contributed by atoms with Crippen molar-refractivity contribution in [2.75, 3.05) is 20.7 Å². The summed E-state index contributed by atoms with van der Waals surface area (Å²) in [5.41, 5.74) is 1.92. The molecule has 1 rings (SSSR count). The molecule has 1 N–H and O–H groups in total. The van der Waals surface area contributed by atoms with Crippen LogP contribution in [0.2, 0.25) is 0 Å². The minimum atomic E-state index is -0.237. The lowest BCUT2D eigenvalue weighted by Gasteiger charge is -2.03. The third kappa shape index (κ3) is 7.07. The Balaban J connectivity index is 0.000000873. The van der Waals surface area contributed by atoms with Crippen molar-refractivity contribution >= 4 is 5.97 Å². The fraction of sp³-hybridized carbons (Fsp3) is 0.533. The quantitative estimate of drug-likeness (QED) is 0.817. The zero-order valence-electron chi connectivity index (χ0n) is 12.0. The van der Waals surface area contributed by atoms with Crippen LogP contribution < -0.4 is 5.32 Å². The highest BCUT2D eigenvalue weighted by Crippen LogP contribution is 2.08. The Hall–Kier alpha value is -1.35. The number of esters is 1. The van der Waals surface area contributed by atoms with Crippen LogP contribution in [-0.2, 0) is 11.2 Å². The van der Waals surface area contributed by atoms with Crippen LogP contribution in [-0.4, -0.2) is 26.7 Å². The van der Waals surface area contributed by atoms with Crippen molar-refractivity contribution in [3.05, 3.63) is 35.4 Å². The van der Waals surface area contributed by atoms with Crippen LogP contribution in [0.1, 0.15) is 42.6 Å². The van der Waals surface area contributed by atoms with Crippen molar-refractivity contribution in [1.82, 2.24) is 5.32 Å². The molecule has 0 aromatic heterocycles. The van der Waals surface area contributed by atoms with Crippen molar-refractivity contribution in [2.45, 2.75) is 33.1 Å². The number of hydrogen-bond donors (Lipinski definition) is 1. The van der Waals surface area contributed by atoms with Crippen LogP contribution in [0.4, 0.5) is 0 Å². The Morgan fingerprint density at radius 1 is 1.17 bits per heavy atom. The average Bonchev–Trinajstić information content (AvgIpc) is 2.38. The molecule has 3 heteroatoms. The zero-order valence-corrected chi connectivity index (χ0v) is 12.0. The molecule has 0 aliphatic carbocycles. The van der Waals surface area contributed by atoms with Crippen LogP contribution in [0.15, 0.2) is 24.3 Å². The van der Waals surface area contributed by atoms with Gasteiger partial charge < -0.3 is 10.1 Å². The molecule has 3 nitrogen and oxygen atoms in total. The van der Waals surface area contributed by atoms with Gasteiger partial charge in [0.05, 0.1) is 12.2 Å². The minimum absolute atomic E-state index is 0.237. The fourth-order valence-electron chi connectivity index (χ4n) is 1.40. The van der Waals surface area contributed by atoms with Crippen LogP contribution in [0, 0.1) is 0 Å². The summed E-state index contributed by atoms with van der Waals surface area (Å²) in [6.07, 6.45) is 3.47. The zero-order chi connectivity index (χ0) is 13.8. The molecule has 0 saturated carbocycles. The highest BCUT2D eigenvalue weighted by Gasteiger charge is 2.04. The van der Waals surface area contributed by atoms with Crippen LogP contribution in [0.25, 0.3) is 0 Å². The number of hydrogen-bond acceptors (Lipinski definition) is 3. The lowest BCUT2D eigenvalue weighted by Crippen LogP contribution is -2.04. The van der Waals surface area contributed by atoms with Gasteiger partial charge in [-0.05, 0) is 51.6 Å². The van der Waals surface area contributed by atoms with Gasteiger partial charge in [-0.2, -0.15) is 0 Å². The Labute approximate surface area is 111 Å². The molecule has 0 bridgehead atoms. The van der Waals surface area contributed by atoms with Crippen molar-refractivity contribution < 1.29 is 9.53 Å². The van der Waals surface area contributed by atoms with Gasteiger partial charge in [0.2, 0.25) is 0 Å². The Bertz CT molecular complexity index is 320. The van der Waals surface area contributed by atoms with Gasteiger partial charge in [0.25, 0.3) is 0 Å². The largest absolute Gasteiger partial charge is 0.462 e. The maximum atomic E-state index is 11.3. The molecule has 1 aromatic rings. The summed E-state index contributed by atoms with van der Waals surface area (Å²) >= 11 is 0. The standard InChI is InChI=1S/C13H18O2.C2H7N/c1-3-5-6-11-7-9-12(10-8-11)13(14)15-4-2;1-3-2/h7-10H,3-6H2,1-2H3;3H,1-2H3. The van der Waals surface area contributed by atoms with Crippen molar-refractivity contribution in [3.63, 3.8) is 0 Å². The Morgan fingerprint density at radius 3 is 2.17 bits per heavy atom. The van der Waals surface area contributed by atoms with Gasteiger partial charge in [-0.1, -0.05) is 25.5 Å². The summed E-state index contributed by atoms with van der Waals surface area (Å²) in [5, 5.41) is 2.75. The van der Waals surface area contributed by atoms with Crippen LogP contribution >= 0.6 is 0 Å². The number of carbonyl (C=O) groups excluding carboxylic acids is 1. The van der Waals surface area contributed by atoms with Gasteiger partial charge in [-0.3, -0.25) is 0 Å². The summed E-state index contributed by atoms with van der Waals surface area (Å²) in [6.45, 7) is 4.41. The van der Waals surface area contributed by atoms with Gasteiger partial charge in [0, 0.05) is 0 Å². The number of aryl methyl sites for hydroxylation is 1.